The molecule has 0 atom stereocenters. The lowest BCUT2D eigenvalue weighted by Gasteiger charge is -2.01. The minimum atomic E-state index is 0.578. The molecule has 0 fully saturated rings. The van der Waals surface area contributed by atoms with Crippen LogP contribution in [0.2, 0.25) is 0 Å². The van der Waals surface area contributed by atoms with Gasteiger partial charge in [-0.25, -0.2) is 0 Å². The molecule has 0 aliphatic carbocycles. The number of nitrogens with zero attached hydrogens (tertiary/aromatic N) is 4. The van der Waals surface area contributed by atoms with E-state index in [4.69, 9.17) is 5.73 Å². The predicted octanol–water partition coefficient (Wildman–Crippen LogP) is 0.378. The van der Waals surface area contributed by atoms with Crippen molar-refractivity contribution < 1.29 is 0 Å². The summed E-state index contributed by atoms with van der Waals surface area (Å²) in [5.41, 5.74) is 6.31. The molecule has 0 aliphatic heterocycles. The van der Waals surface area contributed by atoms with E-state index in [1.165, 1.54) is 0 Å². The number of nitrogens with two attached hydrogens (primary N) is 1. The average Bonchev–Trinajstić information content (AvgIpc) is 2.63. The van der Waals surface area contributed by atoms with E-state index in [1.807, 2.05) is 29.8 Å². The summed E-state index contributed by atoms with van der Waals surface area (Å²) in [4.78, 5) is 4.23. The summed E-state index contributed by atoms with van der Waals surface area (Å²) >= 11 is 0. The van der Waals surface area contributed by atoms with Crippen LogP contribution in [0.15, 0.2) is 24.4 Å². The Hall–Kier alpha value is -1.75. The molecule has 2 aromatic heterocycles. The Morgan fingerprint density at radius 1 is 1.33 bits per heavy atom. The number of rotatable bonds is 3. The summed E-state index contributed by atoms with van der Waals surface area (Å²) in [6.07, 6.45) is 2.48. The molecule has 0 bridgehead atoms. The van der Waals surface area contributed by atoms with Crippen LogP contribution < -0.4 is 5.73 Å². The molecule has 78 valence electrons. The Morgan fingerprint density at radius 2 is 2.20 bits per heavy atom. The fraction of sp³-hybridized carbons (Fsp3) is 0.300. The molecule has 0 aromatic carbocycles. The van der Waals surface area contributed by atoms with Crippen molar-refractivity contribution >= 4 is 0 Å². The minimum absolute atomic E-state index is 0.578. The van der Waals surface area contributed by atoms with Crippen molar-refractivity contribution in [1.82, 2.24) is 19.7 Å². The Kier molecular flexibility index (Phi) is 2.73. The van der Waals surface area contributed by atoms with Crippen molar-refractivity contribution in [3.63, 3.8) is 0 Å². The highest BCUT2D eigenvalue weighted by Gasteiger charge is 2.09. The molecule has 0 unspecified atom stereocenters. The fourth-order valence-electron chi connectivity index (χ4n) is 1.43. The quantitative estimate of drug-likeness (QED) is 0.782. The third-order valence-corrected chi connectivity index (χ3v) is 2.23. The van der Waals surface area contributed by atoms with Gasteiger partial charge < -0.3 is 10.3 Å². The van der Waals surface area contributed by atoms with Gasteiger partial charge >= 0.3 is 0 Å². The van der Waals surface area contributed by atoms with Crippen LogP contribution >= 0.6 is 0 Å². The molecule has 2 N–H and O–H groups in total. The lowest BCUT2D eigenvalue weighted by atomic mass is 10.3. The van der Waals surface area contributed by atoms with E-state index in [9.17, 15) is 0 Å². The highest BCUT2D eigenvalue weighted by Crippen LogP contribution is 2.13. The largest absolute Gasteiger partial charge is 0.330 e. The van der Waals surface area contributed by atoms with Crippen molar-refractivity contribution in [2.45, 2.75) is 6.42 Å². The Bertz CT molecular complexity index is 434. The van der Waals surface area contributed by atoms with Crippen molar-refractivity contribution in [3.8, 4) is 11.5 Å². The van der Waals surface area contributed by atoms with E-state index in [-0.39, 0.29) is 0 Å². The van der Waals surface area contributed by atoms with Gasteiger partial charge in [-0.05, 0) is 18.7 Å². The fourth-order valence-corrected chi connectivity index (χ4v) is 1.43. The Labute approximate surface area is 88.0 Å². The van der Waals surface area contributed by atoms with Gasteiger partial charge in [0, 0.05) is 19.7 Å². The molecular formula is C10H13N5. The molecule has 0 radical (unpaired) electrons. The van der Waals surface area contributed by atoms with E-state index < -0.39 is 0 Å². The molecule has 5 heteroatoms. The molecule has 0 saturated carbocycles. The monoisotopic (exact) mass is 203 g/mol. The lowest BCUT2D eigenvalue weighted by molar-refractivity contribution is 0.779. The van der Waals surface area contributed by atoms with Gasteiger partial charge in [0.15, 0.2) is 5.82 Å². The van der Waals surface area contributed by atoms with Gasteiger partial charge in [0.25, 0.3) is 0 Å². The zero-order valence-electron chi connectivity index (χ0n) is 8.59. The van der Waals surface area contributed by atoms with E-state index in [0.29, 0.717) is 6.54 Å². The number of aromatic nitrogens is 4. The molecule has 2 rings (SSSR count). The normalized spacial score (nSPS) is 10.5. The Morgan fingerprint density at radius 3 is 2.87 bits per heavy atom. The molecule has 0 amide bonds. The van der Waals surface area contributed by atoms with Gasteiger partial charge in [0.2, 0.25) is 0 Å². The van der Waals surface area contributed by atoms with Crippen LogP contribution in [0.1, 0.15) is 5.82 Å². The molecule has 0 spiro atoms. The van der Waals surface area contributed by atoms with Gasteiger partial charge in [-0.15, -0.1) is 10.2 Å². The summed E-state index contributed by atoms with van der Waals surface area (Å²) in [5.74, 6) is 1.66. The SMILES string of the molecule is Cn1c(CCN)nnc1-c1ccccn1. The number of hydrogen-bond acceptors (Lipinski definition) is 4. The van der Waals surface area contributed by atoms with Crippen molar-refractivity contribution in [1.29, 1.82) is 0 Å². The second kappa shape index (κ2) is 4.18. The Balaban J connectivity index is 2.38. The van der Waals surface area contributed by atoms with Gasteiger partial charge in [0.1, 0.15) is 11.5 Å². The van der Waals surface area contributed by atoms with E-state index in [0.717, 1.165) is 23.8 Å². The second-order valence-electron chi connectivity index (χ2n) is 3.25. The maximum atomic E-state index is 5.48. The number of hydrogen-bond donors (Lipinski definition) is 1. The second-order valence-corrected chi connectivity index (χ2v) is 3.25. The van der Waals surface area contributed by atoms with Crippen LogP contribution in [-0.4, -0.2) is 26.3 Å². The van der Waals surface area contributed by atoms with Gasteiger partial charge in [-0.1, -0.05) is 6.07 Å². The summed E-state index contributed by atoms with van der Waals surface area (Å²) in [7, 11) is 1.93. The number of pyridine rings is 1. The zero-order valence-corrected chi connectivity index (χ0v) is 8.59. The maximum Gasteiger partial charge on any atom is 0.182 e. The van der Waals surface area contributed by atoms with Crippen LogP contribution in [-0.2, 0) is 13.5 Å². The van der Waals surface area contributed by atoms with Crippen LogP contribution in [0.5, 0.6) is 0 Å². The predicted molar refractivity (Wildman–Crippen MR) is 57.0 cm³/mol. The van der Waals surface area contributed by atoms with E-state index >= 15 is 0 Å². The first-order valence-corrected chi connectivity index (χ1v) is 4.82. The lowest BCUT2D eigenvalue weighted by Crippen LogP contribution is -2.08. The maximum absolute atomic E-state index is 5.48. The van der Waals surface area contributed by atoms with Crippen LogP contribution in [0.3, 0.4) is 0 Å². The van der Waals surface area contributed by atoms with Gasteiger partial charge in [-0.3, -0.25) is 4.98 Å². The molecule has 5 nitrogen and oxygen atoms in total. The highest BCUT2D eigenvalue weighted by molar-refractivity contribution is 5.48. The molecule has 0 aliphatic rings. The first kappa shape index (κ1) is 9.79. The molecule has 15 heavy (non-hydrogen) atoms. The molecule has 2 aromatic rings. The standard InChI is InChI=1S/C10H13N5/c1-15-9(5-6-11)13-14-10(15)8-4-2-3-7-12-8/h2-4,7H,5-6,11H2,1H3. The minimum Gasteiger partial charge on any atom is -0.330 e. The molecule has 0 saturated heterocycles. The summed E-state index contributed by atoms with van der Waals surface area (Å²) in [6.45, 7) is 0.578. The first-order valence-electron chi connectivity index (χ1n) is 4.82. The van der Waals surface area contributed by atoms with Gasteiger partial charge in [0.05, 0.1) is 0 Å². The summed E-state index contributed by atoms with van der Waals surface area (Å²) in [6, 6.07) is 5.72. The van der Waals surface area contributed by atoms with Gasteiger partial charge in [-0.2, -0.15) is 0 Å². The summed E-state index contributed by atoms with van der Waals surface area (Å²) < 4.78 is 1.93. The third-order valence-electron chi connectivity index (χ3n) is 2.23. The van der Waals surface area contributed by atoms with Crippen LogP contribution in [0.25, 0.3) is 11.5 Å². The van der Waals surface area contributed by atoms with Crippen molar-refractivity contribution in [2.24, 2.45) is 12.8 Å². The molecular weight excluding hydrogens is 190 g/mol. The van der Waals surface area contributed by atoms with Crippen LogP contribution in [0, 0.1) is 0 Å². The summed E-state index contributed by atoms with van der Waals surface area (Å²) in [5, 5.41) is 8.17. The van der Waals surface area contributed by atoms with E-state index in [2.05, 4.69) is 15.2 Å². The average molecular weight is 203 g/mol. The van der Waals surface area contributed by atoms with Crippen molar-refractivity contribution in [3.05, 3.63) is 30.2 Å². The topological polar surface area (TPSA) is 69.6 Å². The van der Waals surface area contributed by atoms with E-state index in [1.54, 1.807) is 6.20 Å². The first-order chi connectivity index (χ1) is 7.33. The third kappa shape index (κ3) is 1.87. The zero-order chi connectivity index (χ0) is 10.7. The molecule has 2 heterocycles. The highest BCUT2D eigenvalue weighted by atomic mass is 15.3. The van der Waals surface area contributed by atoms with Crippen LogP contribution in [0.4, 0.5) is 0 Å². The van der Waals surface area contributed by atoms with Crippen molar-refractivity contribution in [2.75, 3.05) is 6.54 Å². The smallest absolute Gasteiger partial charge is 0.182 e.